The number of hydrogen-bond acceptors (Lipinski definition) is 5. The van der Waals surface area contributed by atoms with Crippen molar-refractivity contribution in [1.29, 1.82) is 0 Å². The fraction of sp³-hybridized carbons (Fsp3) is 0.625. The highest BCUT2D eigenvalue weighted by Crippen LogP contribution is 1.91. The van der Waals surface area contributed by atoms with Gasteiger partial charge in [0.1, 0.15) is 6.61 Å². The van der Waals surface area contributed by atoms with Gasteiger partial charge in [-0.05, 0) is 6.92 Å². The topological polar surface area (TPSA) is 65.0 Å². The first-order chi connectivity index (χ1) is 6.63. The van der Waals surface area contributed by atoms with Crippen LogP contribution in [0.3, 0.4) is 0 Å². The third-order valence-corrected chi connectivity index (χ3v) is 1.45. The van der Waals surface area contributed by atoms with Gasteiger partial charge in [0.25, 0.3) is 0 Å². The van der Waals surface area contributed by atoms with Crippen LogP contribution in [0, 0.1) is 0 Å². The molecule has 0 atom stereocenters. The van der Waals surface area contributed by atoms with Crippen LogP contribution in [0.2, 0.25) is 0 Å². The highest BCUT2D eigenvalue weighted by Gasteiger charge is 2.18. The zero-order chi connectivity index (χ0) is 11.0. The summed E-state index contributed by atoms with van der Waals surface area (Å²) in [4.78, 5) is 26.7. The van der Waals surface area contributed by atoms with Crippen LogP contribution in [0.1, 0.15) is 13.8 Å². The second-order valence-corrected chi connectivity index (χ2v) is 3.03. The van der Waals surface area contributed by atoms with E-state index in [1.165, 1.54) is 6.92 Å². The molecule has 0 radical (unpaired) electrons. The van der Waals surface area contributed by atoms with Crippen molar-refractivity contribution in [1.82, 2.24) is 0 Å². The maximum absolute atomic E-state index is 11.1. The van der Waals surface area contributed by atoms with Gasteiger partial charge in [-0.1, -0.05) is 21.1 Å². The predicted molar refractivity (Wildman–Crippen MR) is 54.5 cm³/mol. The molecule has 5 nitrogen and oxygen atoms in total. The van der Waals surface area contributed by atoms with E-state index in [1.54, 1.807) is 6.92 Å². The van der Waals surface area contributed by atoms with Crippen LogP contribution in [0.4, 0.5) is 0 Å². The highest BCUT2D eigenvalue weighted by atomic mass is 79.9. The van der Waals surface area contributed by atoms with Gasteiger partial charge in [-0.3, -0.25) is 4.79 Å². The first-order valence-corrected chi connectivity index (χ1v) is 5.19. The summed E-state index contributed by atoms with van der Waals surface area (Å²) < 4.78 is 4.61. The molecule has 0 aliphatic carbocycles. The number of rotatable bonds is 6. The van der Waals surface area contributed by atoms with Gasteiger partial charge >= 0.3 is 5.97 Å². The smallest absolute Gasteiger partial charge is 0.364 e. The van der Waals surface area contributed by atoms with Crippen molar-refractivity contribution < 1.29 is 19.2 Å². The summed E-state index contributed by atoms with van der Waals surface area (Å²) >= 11 is 3.11. The first-order valence-electron chi connectivity index (χ1n) is 4.07. The molecule has 0 aromatic heterocycles. The van der Waals surface area contributed by atoms with Crippen molar-refractivity contribution in [2.75, 3.05) is 18.5 Å². The molecule has 0 aliphatic rings. The minimum absolute atomic E-state index is 0.198. The lowest BCUT2D eigenvalue weighted by Crippen LogP contribution is -2.24. The lowest BCUT2D eigenvalue weighted by Gasteiger charge is -2.01. The Balaban J connectivity index is 4.35. The molecule has 6 heteroatoms. The molecule has 0 aromatic carbocycles. The van der Waals surface area contributed by atoms with Crippen LogP contribution in [-0.2, 0) is 19.2 Å². The number of oxime groups is 1. The number of Topliss-reactive ketones (excluding diaryl/α,β-unsaturated/α-hetero) is 1. The number of ketones is 1. The number of alkyl halides is 1. The number of esters is 1. The third kappa shape index (κ3) is 4.96. The average Bonchev–Trinajstić information content (AvgIpc) is 2.12. The number of carbonyl (C=O) groups excluding carboxylic acids is 2. The summed E-state index contributed by atoms with van der Waals surface area (Å²) in [7, 11) is 0. The van der Waals surface area contributed by atoms with E-state index in [-0.39, 0.29) is 18.9 Å². The summed E-state index contributed by atoms with van der Waals surface area (Å²) in [6, 6.07) is 0. The molecule has 0 aliphatic heterocycles. The van der Waals surface area contributed by atoms with E-state index < -0.39 is 11.8 Å². The minimum atomic E-state index is -0.755. The van der Waals surface area contributed by atoms with Gasteiger partial charge in [-0.15, -0.1) is 0 Å². The Labute approximate surface area is 90.6 Å². The Morgan fingerprint density at radius 1 is 1.43 bits per heavy atom. The second-order valence-electron chi connectivity index (χ2n) is 2.24. The van der Waals surface area contributed by atoms with E-state index in [1.807, 2.05) is 0 Å². The molecule has 0 aromatic rings. The molecular formula is C8H12BrNO4. The molecule has 0 spiro atoms. The van der Waals surface area contributed by atoms with Gasteiger partial charge in [0.05, 0.1) is 6.61 Å². The van der Waals surface area contributed by atoms with E-state index in [9.17, 15) is 9.59 Å². The number of nitrogens with zero attached hydrogens (tertiary/aromatic N) is 1. The van der Waals surface area contributed by atoms with Crippen molar-refractivity contribution in [3.05, 3.63) is 0 Å². The Morgan fingerprint density at radius 2 is 2.07 bits per heavy atom. The number of hydrogen-bond donors (Lipinski definition) is 0. The summed E-state index contributed by atoms with van der Waals surface area (Å²) in [5.74, 6) is -1.23. The molecule has 0 fully saturated rings. The van der Waals surface area contributed by atoms with E-state index in [0.717, 1.165) is 0 Å². The van der Waals surface area contributed by atoms with E-state index in [0.29, 0.717) is 5.33 Å². The zero-order valence-electron chi connectivity index (χ0n) is 8.08. The monoisotopic (exact) mass is 265 g/mol. The Morgan fingerprint density at radius 3 is 2.50 bits per heavy atom. The van der Waals surface area contributed by atoms with Crippen molar-refractivity contribution in [3.8, 4) is 0 Å². The van der Waals surface area contributed by atoms with Crippen LogP contribution in [0.25, 0.3) is 0 Å². The molecule has 0 amide bonds. The Bertz CT molecular complexity index is 239. The largest absolute Gasteiger partial charge is 0.461 e. The van der Waals surface area contributed by atoms with Gasteiger partial charge < -0.3 is 9.57 Å². The summed E-state index contributed by atoms with van der Waals surface area (Å²) in [5, 5.41) is 3.97. The van der Waals surface area contributed by atoms with Gasteiger partial charge in [0.2, 0.25) is 5.71 Å². The van der Waals surface area contributed by atoms with Crippen LogP contribution in [0.15, 0.2) is 5.16 Å². The van der Waals surface area contributed by atoms with Crippen LogP contribution in [0.5, 0.6) is 0 Å². The SMILES string of the molecule is CCOC(=O)C(=NOCCBr)C(C)=O. The van der Waals surface area contributed by atoms with Crippen molar-refractivity contribution >= 4 is 33.4 Å². The molecule has 80 valence electrons. The Kier molecular flexibility index (Phi) is 7.00. The number of carbonyl (C=O) groups is 2. The molecule has 0 bridgehead atoms. The molecular weight excluding hydrogens is 254 g/mol. The maximum atomic E-state index is 11.1. The highest BCUT2D eigenvalue weighted by molar-refractivity contribution is 9.09. The van der Waals surface area contributed by atoms with Gasteiger partial charge in [0.15, 0.2) is 5.78 Å². The summed E-state index contributed by atoms with van der Waals surface area (Å²) in [5.41, 5.74) is -0.312. The van der Waals surface area contributed by atoms with Crippen molar-refractivity contribution in [3.63, 3.8) is 0 Å². The van der Waals surface area contributed by atoms with Gasteiger partial charge in [0, 0.05) is 12.3 Å². The number of halogens is 1. The normalized spacial score (nSPS) is 10.9. The van der Waals surface area contributed by atoms with E-state index >= 15 is 0 Å². The van der Waals surface area contributed by atoms with E-state index in [2.05, 4.69) is 25.8 Å². The third-order valence-electron chi connectivity index (χ3n) is 1.13. The van der Waals surface area contributed by atoms with Crippen LogP contribution < -0.4 is 0 Å². The molecule has 0 rings (SSSR count). The molecule has 0 saturated heterocycles. The number of ether oxygens (including phenoxy) is 1. The first kappa shape index (κ1) is 13.1. The fourth-order valence-corrected chi connectivity index (χ4v) is 0.734. The zero-order valence-corrected chi connectivity index (χ0v) is 9.67. The quantitative estimate of drug-likeness (QED) is 0.179. The summed E-state index contributed by atoms with van der Waals surface area (Å²) in [6.45, 7) is 3.36. The molecule has 0 unspecified atom stereocenters. The maximum Gasteiger partial charge on any atom is 0.364 e. The van der Waals surface area contributed by atoms with Crippen molar-refractivity contribution in [2.24, 2.45) is 5.16 Å². The Hall–Kier alpha value is -0.910. The molecule has 0 heterocycles. The predicted octanol–water partition coefficient (Wildman–Crippen LogP) is 0.906. The molecule has 14 heavy (non-hydrogen) atoms. The average molecular weight is 266 g/mol. The molecule has 0 N–H and O–H groups in total. The second kappa shape index (κ2) is 7.49. The van der Waals surface area contributed by atoms with Crippen LogP contribution in [-0.4, -0.2) is 36.0 Å². The van der Waals surface area contributed by atoms with Gasteiger partial charge in [-0.2, -0.15) is 0 Å². The fourth-order valence-electron chi connectivity index (χ4n) is 0.589. The summed E-state index contributed by atoms with van der Waals surface area (Å²) in [6.07, 6.45) is 0. The van der Waals surface area contributed by atoms with E-state index in [4.69, 9.17) is 4.84 Å². The minimum Gasteiger partial charge on any atom is -0.461 e. The lowest BCUT2D eigenvalue weighted by molar-refractivity contribution is -0.135. The van der Waals surface area contributed by atoms with Gasteiger partial charge in [-0.25, -0.2) is 4.79 Å². The lowest BCUT2D eigenvalue weighted by atomic mass is 10.3. The van der Waals surface area contributed by atoms with Crippen LogP contribution >= 0.6 is 15.9 Å². The van der Waals surface area contributed by atoms with Crippen molar-refractivity contribution in [2.45, 2.75) is 13.8 Å². The standard InChI is InChI=1S/C8H12BrNO4/c1-3-13-8(12)7(6(2)11)10-14-5-4-9/h3-5H2,1-2H3. The molecule has 0 saturated carbocycles.